The Bertz CT molecular complexity index is 843. The molecule has 2 atom stereocenters. The second kappa shape index (κ2) is 8.04. The first-order chi connectivity index (χ1) is 13.5. The third-order valence-corrected chi connectivity index (χ3v) is 6.53. The highest BCUT2D eigenvalue weighted by Crippen LogP contribution is 2.34. The summed E-state index contributed by atoms with van der Waals surface area (Å²) >= 11 is 0. The standard InChI is InChI=1S/C24H31N3O/c1-17-8-9-20(16-18(17)2)27-14-12-26(13-15-27)11-10-22-21-6-4-5-7-23(21)25-24(22)19(3)28/h4-6,8-9,16,22,24H,7,10-15H2,1-3H3. The number of Topliss-reactive ketones (excluding diaryl/α,β-unsaturated/α-hetero) is 1. The van der Waals surface area contributed by atoms with Gasteiger partial charge in [0.1, 0.15) is 6.04 Å². The summed E-state index contributed by atoms with van der Waals surface area (Å²) in [5.74, 6) is 0.461. The second-order valence-electron chi connectivity index (χ2n) is 8.38. The molecular formula is C24H31N3O. The Morgan fingerprint density at radius 3 is 2.64 bits per heavy atom. The van der Waals surface area contributed by atoms with Crippen molar-refractivity contribution in [3.8, 4) is 0 Å². The number of ketones is 1. The molecule has 0 saturated carbocycles. The first kappa shape index (κ1) is 19.1. The van der Waals surface area contributed by atoms with Crippen LogP contribution in [0.3, 0.4) is 0 Å². The van der Waals surface area contributed by atoms with E-state index in [9.17, 15) is 4.79 Å². The maximum atomic E-state index is 12.1. The lowest BCUT2D eigenvalue weighted by molar-refractivity contribution is -0.118. The van der Waals surface area contributed by atoms with Crippen molar-refractivity contribution in [1.29, 1.82) is 0 Å². The third-order valence-electron chi connectivity index (χ3n) is 6.53. The van der Waals surface area contributed by atoms with Crippen LogP contribution in [0.15, 0.2) is 47.0 Å². The van der Waals surface area contributed by atoms with Gasteiger partial charge in [-0.15, -0.1) is 0 Å². The summed E-state index contributed by atoms with van der Waals surface area (Å²) in [6, 6.07) is 6.61. The first-order valence-corrected chi connectivity index (χ1v) is 10.5. The zero-order valence-electron chi connectivity index (χ0n) is 17.3. The molecule has 2 unspecified atom stereocenters. The van der Waals surface area contributed by atoms with Crippen LogP contribution in [0.1, 0.15) is 30.9 Å². The number of piperazine rings is 1. The minimum Gasteiger partial charge on any atom is -0.369 e. The summed E-state index contributed by atoms with van der Waals surface area (Å²) in [5, 5.41) is 0. The largest absolute Gasteiger partial charge is 0.369 e. The predicted molar refractivity (Wildman–Crippen MR) is 116 cm³/mol. The molecule has 4 rings (SSSR count). The van der Waals surface area contributed by atoms with E-state index in [1.54, 1.807) is 6.92 Å². The van der Waals surface area contributed by atoms with Crippen molar-refractivity contribution >= 4 is 17.2 Å². The number of aryl methyl sites for hydroxylation is 2. The number of carbonyl (C=O) groups is 1. The Balaban J connectivity index is 1.34. The van der Waals surface area contributed by atoms with Gasteiger partial charge in [0.25, 0.3) is 0 Å². The van der Waals surface area contributed by atoms with E-state index < -0.39 is 0 Å². The fourth-order valence-corrected chi connectivity index (χ4v) is 4.62. The van der Waals surface area contributed by atoms with E-state index in [4.69, 9.17) is 4.99 Å². The lowest BCUT2D eigenvalue weighted by Crippen LogP contribution is -2.47. The molecule has 0 spiro atoms. The average molecular weight is 378 g/mol. The quantitative estimate of drug-likeness (QED) is 0.784. The number of aliphatic imine (C=N–C) groups is 1. The number of allylic oxidation sites excluding steroid dienone is 3. The maximum absolute atomic E-state index is 12.1. The highest BCUT2D eigenvalue weighted by atomic mass is 16.1. The van der Waals surface area contributed by atoms with E-state index in [1.165, 1.54) is 22.4 Å². The van der Waals surface area contributed by atoms with Gasteiger partial charge in [0.05, 0.1) is 0 Å². The van der Waals surface area contributed by atoms with Crippen LogP contribution in [-0.2, 0) is 4.79 Å². The summed E-state index contributed by atoms with van der Waals surface area (Å²) < 4.78 is 0. The van der Waals surface area contributed by atoms with Gasteiger partial charge in [0.15, 0.2) is 5.78 Å². The van der Waals surface area contributed by atoms with Crippen molar-refractivity contribution in [2.24, 2.45) is 10.9 Å². The van der Waals surface area contributed by atoms with Gasteiger partial charge < -0.3 is 4.90 Å². The minimum atomic E-state index is -0.169. The van der Waals surface area contributed by atoms with Crippen LogP contribution < -0.4 is 4.90 Å². The number of carbonyl (C=O) groups excluding carboxylic acids is 1. The molecule has 148 valence electrons. The lowest BCUT2D eigenvalue weighted by Gasteiger charge is -2.37. The van der Waals surface area contributed by atoms with Gasteiger partial charge in [-0.2, -0.15) is 0 Å². The van der Waals surface area contributed by atoms with E-state index in [0.29, 0.717) is 0 Å². The van der Waals surface area contributed by atoms with Crippen LogP contribution in [0.5, 0.6) is 0 Å². The van der Waals surface area contributed by atoms with Gasteiger partial charge in [-0.25, -0.2) is 0 Å². The van der Waals surface area contributed by atoms with Crippen molar-refractivity contribution in [3.05, 3.63) is 53.1 Å². The molecule has 3 aliphatic rings. The zero-order chi connectivity index (χ0) is 19.7. The van der Waals surface area contributed by atoms with Gasteiger partial charge in [-0.05, 0) is 62.6 Å². The number of fused-ring (bicyclic) bond motifs is 1. The maximum Gasteiger partial charge on any atom is 0.154 e. The molecule has 1 aromatic rings. The van der Waals surface area contributed by atoms with E-state index >= 15 is 0 Å². The number of rotatable bonds is 5. The predicted octanol–water partition coefficient (Wildman–Crippen LogP) is 3.73. The molecule has 1 fully saturated rings. The summed E-state index contributed by atoms with van der Waals surface area (Å²) in [7, 11) is 0. The van der Waals surface area contributed by atoms with Gasteiger partial charge in [0.2, 0.25) is 0 Å². The minimum absolute atomic E-state index is 0.169. The monoisotopic (exact) mass is 377 g/mol. The zero-order valence-corrected chi connectivity index (χ0v) is 17.3. The molecule has 2 heterocycles. The van der Waals surface area contributed by atoms with Crippen molar-refractivity contribution in [2.45, 2.75) is 39.7 Å². The average Bonchev–Trinajstić information content (AvgIpc) is 3.08. The third kappa shape index (κ3) is 3.83. The van der Waals surface area contributed by atoms with Crippen LogP contribution in [0.4, 0.5) is 5.69 Å². The summed E-state index contributed by atoms with van der Waals surface area (Å²) in [6.07, 6.45) is 8.31. The lowest BCUT2D eigenvalue weighted by atomic mass is 9.85. The fraction of sp³-hybridized carbons (Fsp3) is 0.500. The molecule has 0 aromatic heterocycles. The van der Waals surface area contributed by atoms with Crippen LogP contribution in [0.25, 0.3) is 0 Å². The molecule has 0 radical (unpaired) electrons. The summed E-state index contributed by atoms with van der Waals surface area (Å²) in [4.78, 5) is 21.9. The van der Waals surface area contributed by atoms with E-state index in [2.05, 4.69) is 60.1 Å². The number of benzene rings is 1. The number of hydrogen-bond acceptors (Lipinski definition) is 4. The fourth-order valence-electron chi connectivity index (χ4n) is 4.62. The molecule has 1 aromatic carbocycles. The van der Waals surface area contributed by atoms with Crippen LogP contribution in [-0.4, -0.2) is 55.2 Å². The summed E-state index contributed by atoms with van der Waals surface area (Å²) in [5.41, 5.74) is 6.49. The Labute approximate surface area is 168 Å². The summed E-state index contributed by atoms with van der Waals surface area (Å²) in [6.45, 7) is 11.4. The Morgan fingerprint density at radius 1 is 1.14 bits per heavy atom. The number of hydrogen-bond donors (Lipinski definition) is 0. The van der Waals surface area contributed by atoms with Crippen LogP contribution in [0, 0.1) is 19.8 Å². The molecule has 2 aliphatic heterocycles. The van der Waals surface area contributed by atoms with Gasteiger partial charge in [0, 0.05) is 49.9 Å². The smallest absolute Gasteiger partial charge is 0.154 e. The molecule has 4 nitrogen and oxygen atoms in total. The molecule has 4 heteroatoms. The Hall–Kier alpha value is -2.20. The molecule has 0 N–H and O–H groups in total. The van der Waals surface area contributed by atoms with Crippen molar-refractivity contribution in [3.63, 3.8) is 0 Å². The topological polar surface area (TPSA) is 35.9 Å². The Kier molecular flexibility index (Phi) is 5.49. The molecular weight excluding hydrogens is 346 g/mol. The van der Waals surface area contributed by atoms with E-state index in [1.807, 2.05) is 0 Å². The number of anilines is 1. The van der Waals surface area contributed by atoms with E-state index in [0.717, 1.165) is 51.3 Å². The van der Waals surface area contributed by atoms with Crippen LogP contribution in [0.2, 0.25) is 0 Å². The first-order valence-electron chi connectivity index (χ1n) is 10.5. The Morgan fingerprint density at radius 2 is 1.93 bits per heavy atom. The van der Waals surface area contributed by atoms with Crippen molar-refractivity contribution < 1.29 is 4.79 Å². The van der Waals surface area contributed by atoms with Gasteiger partial charge in [-0.1, -0.05) is 24.3 Å². The van der Waals surface area contributed by atoms with Gasteiger partial charge >= 0.3 is 0 Å². The molecule has 1 aliphatic carbocycles. The van der Waals surface area contributed by atoms with Crippen molar-refractivity contribution in [1.82, 2.24) is 4.90 Å². The SMILES string of the molecule is CC(=O)C1N=C2CC=CC=C2C1CCN1CCN(c2ccc(C)c(C)c2)CC1. The normalized spacial score (nSPS) is 24.8. The molecule has 1 saturated heterocycles. The van der Waals surface area contributed by atoms with Crippen LogP contribution >= 0.6 is 0 Å². The number of nitrogens with zero attached hydrogens (tertiary/aromatic N) is 3. The molecule has 28 heavy (non-hydrogen) atoms. The molecule has 0 amide bonds. The van der Waals surface area contributed by atoms with E-state index in [-0.39, 0.29) is 17.7 Å². The second-order valence-corrected chi connectivity index (χ2v) is 8.38. The highest BCUT2D eigenvalue weighted by molar-refractivity contribution is 6.07. The van der Waals surface area contributed by atoms with Gasteiger partial charge in [-0.3, -0.25) is 14.7 Å². The van der Waals surface area contributed by atoms with Crippen molar-refractivity contribution in [2.75, 3.05) is 37.6 Å². The highest BCUT2D eigenvalue weighted by Gasteiger charge is 2.36. The molecule has 0 bridgehead atoms.